The molecule has 8 heteroatoms. The number of rotatable bonds is 5. The highest BCUT2D eigenvalue weighted by atomic mass is 32.1. The van der Waals surface area contributed by atoms with Gasteiger partial charge in [-0.05, 0) is 43.4 Å². The lowest BCUT2D eigenvalue weighted by Gasteiger charge is -2.30. The smallest absolute Gasteiger partial charge is 0.309 e. The van der Waals surface area contributed by atoms with Crippen LogP contribution in [0.2, 0.25) is 0 Å². The Morgan fingerprint density at radius 2 is 2.08 bits per heavy atom. The van der Waals surface area contributed by atoms with E-state index in [9.17, 15) is 9.59 Å². The van der Waals surface area contributed by atoms with E-state index in [1.807, 2.05) is 24.3 Å². The predicted molar refractivity (Wildman–Crippen MR) is 97.2 cm³/mol. The number of hydrogen-bond acceptors (Lipinski definition) is 7. The van der Waals surface area contributed by atoms with Gasteiger partial charge in [0.1, 0.15) is 16.3 Å². The van der Waals surface area contributed by atoms with Crippen molar-refractivity contribution in [2.45, 2.75) is 19.8 Å². The van der Waals surface area contributed by atoms with Gasteiger partial charge in [0.15, 0.2) is 0 Å². The van der Waals surface area contributed by atoms with Crippen LogP contribution in [-0.2, 0) is 9.53 Å². The first-order chi connectivity index (χ1) is 12.6. The number of hydrogen-bond donors (Lipinski definition) is 0. The molecule has 1 aliphatic rings. The highest BCUT2D eigenvalue weighted by Gasteiger charge is 2.30. The molecule has 0 atom stereocenters. The van der Waals surface area contributed by atoms with Crippen LogP contribution in [0.25, 0.3) is 11.3 Å². The van der Waals surface area contributed by atoms with E-state index in [-0.39, 0.29) is 17.8 Å². The Morgan fingerprint density at radius 1 is 1.31 bits per heavy atom. The summed E-state index contributed by atoms with van der Waals surface area (Å²) >= 11 is 1.09. The number of methoxy groups -OCH3 is 1. The van der Waals surface area contributed by atoms with E-state index in [0.717, 1.165) is 17.1 Å². The second kappa shape index (κ2) is 8.27. The minimum atomic E-state index is -0.170. The lowest BCUT2D eigenvalue weighted by Crippen LogP contribution is -2.40. The fourth-order valence-electron chi connectivity index (χ4n) is 3.01. The molecule has 0 radical (unpaired) electrons. The summed E-state index contributed by atoms with van der Waals surface area (Å²) in [5, 5.41) is 4.14. The molecule has 0 N–H and O–H groups in total. The SMILES string of the molecule is CCOC(=O)C1CCN(C(=O)c2snnc2-c2cccc(OC)c2)CC1. The van der Waals surface area contributed by atoms with E-state index in [4.69, 9.17) is 9.47 Å². The second-order valence-corrected chi connectivity index (χ2v) is 6.76. The number of piperidine rings is 1. The van der Waals surface area contributed by atoms with E-state index in [1.165, 1.54) is 0 Å². The quantitative estimate of drug-likeness (QED) is 0.747. The zero-order valence-electron chi connectivity index (χ0n) is 14.8. The number of amides is 1. The molecule has 0 spiro atoms. The number of esters is 1. The fourth-order valence-corrected chi connectivity index (χ4v) is 3.67. The number of ether oxygens (including phenoxy) is 2. The molecule has 0 saturated carbocycles. The predicted octanol–water partition coefficient (Wildman–Crippen LogP) is 2.63. The van der Waals surface area contributed by atoms with Gasteiger partial charge in [0.25, 0.3) is 5.91 Å². The normalized spacial score (nSPS) is 14.9. The zero-order chi connectivity index (χ0) is 18.5. The molecule has 2 aromatic rings. The van der Waals surface area contributed by atoms with Crippen LogP contribution in [0.3, 0.4) is 0 Å². The van der Waals surface area contributed by atoms with Gasteiger partial charge in [-0.15, -0.1) is 5.10 Å². The first kappa shape index (κ1) is 18.3. The molecule has 138 valence electrons. The van der Waals surface area contributed by atoms with Gasteiger partial charge in [-0.1, -0.05) is 16.6 Å². The Bertz CT molecular complexity index is 784. The van der Waals surface area contributed by atoms with Crippen LogP contribution >= 0.6 is 11.5 Å². The maximum atomic E-state index is 12.9. The maximum absolute atomic E-state index is 12.9. The summed E-state index contributed by atoms with van der Waals surface area (Å²) in [7, 11) is 1.60. The Balaban J connectivity index is 1.72. The third-order valence-electron chi connectivity index (χ3n) is 4.43. The Morgan fingerprint density at radius 3 is 2.77 bits per heavy atom. The van der Waals surface area contributed by atoms with Crippen molar-refractivity contribution in [1.29, 1.82) is 0 Å². The van der Waals surface area contributed by atoms with Gasteiger partial charge < -0.3 is 14.4 Å². The van der Waals surface area contributed by atoms with Crippen LogP contribution in [0.15, 0.2) is 24.3 Å². The first-order valence-corrected chi connectivity index (χ1v) is 9.34. The van der Waals surface area contributed by atoms with Gasteiger partial charge in [-0.3, -0.25) is 9.59 Å². The highest BCUT2D eigenvalue weighted by molar-refractivity contribution is 7.08. The number of carbonyl (C=O) groups is 2. The minimum Gasteiger partial charge on any atom is -0.497 e. The van der Waals surface area contributed by atoms with Crippen molar-refractivity contribution in [3.8, 4) is 17.0 Å². The Labute approximate surface area is 156 Å². The Kier molecular flexibility index (Phi) is 5.82. The van der Waals surface area contributed by atoms with Gasteiger partial charge in [0.2, 0.25) is 0 Å². The Hall–Kier alpha value is -2.48. The van der Waals surface area contributed by atoms with Gasteiger partial charge in [-0.2, -0.15) is 0 Å². The molecular weight excluding hydrogens is 354 g/mol. The highest BCUT2D eigenvalue weighted by Crippen LogP contribution is 2.29. The van der Waals surface area contributed by atoms with Gasteiger partial charge in [-0.25, -0.2) is 0 Å². The lowest BCUT2D eigenvalue weighted by molar-refractivity contribution is -0.149. The van der Waals surface area contributed by atoms with Crippen molar-refractivity contribution < 1.29 is 19.1 Å². The van der Waals surface area contributed by atoms with Crippen LogP contribution in [0, 0.1) is 5.92 Å². The molecule has 1 amide bonds. The maximum Gasteiger partial charge on any atom is 0.309 e. The van der Waals surface area contributed by atoms with Gasteiger partial charge in [0.05, 0.1) is 19.6 Å². The van der Waals surface area contributed by atoms with Crippen LogP contribution in [-0.4, -0.2) is 53.2 Å². The van der Waals surface area contributed by atoms with E-state index < -0.39 is 0 Å². The minimum absolute atomic E-state index is 0.0971. The topological polar surface area (TPSA) is 81.6 Å². The molecule has 0 unspecified atom stereocenters. The van der Waals surface area contributed by atoms with Crippen molar-refractivity contribution in [2.24, 2.45) is 5.92 Å². The van der Waals surface area contributed by atoms with Crippen LogP contribution in [0.1, 0.15) is 29.4 Å². The van der Waals surface area contributed by atoms with Gasteiger partial charge in [0, 0.05) is 18.7 Å². The largest absolute Gasteiger partial charge is 0.497 e. The van der Waals surface area contributed by atoms with E-state index in [0.29, 0.717) is 48.9 Å². The molecule has 1 saturated heterocycles. The molecule has 0 bridgehead atoms. The summed E-state index contributed by atoms with van der Waals surface area (Å²) in [6, 6.07) is 7.40. The average molecular weight is 375 g/mol. The van der Waals surface area contributed by atoms with E-state index >= 15 is 0 Å². The average Bonchev–Trinajstić information content (AvgIpc) is 3.17. The standard InChI is InChI=1S/C18H21N3O4S/c1-3-25-18(23)12-7-9-21(10-8-12)17(22)16-15(19-20-26-16)13-5-4-6-14(11-13)24-2/h4-6,11-12H,3,7-10H2,1-2H3. The molecule has 0 aliphatic carbocycles. The van der Waals surface area contributed by atoms with Crippen molar-refractivity contribution in [1.82, 2.24) is 14.5 Å². The molecule has 1 aromatic heterocycles. The summed E-state index contributed by atoms with van der Waals surface area (Å²) < 4.78 is 14.3. The van der Waals surface area contributed by atoms with E-state index in [1.54, 1.807) is 18.9 Å². The monoisotopic (exact) mass is 375 g/mol. The number of likely N-dealkylation sites (tertiary alicyclic amines) is 1. The molecule has 26 heavy (non-hydrogen) atoms. The summed E-state index contributed by atoms with van der Waals surface area (Å²) in [5.41, 5.74) is 1.36. The third-order valence-corrected chi connectivity index (χ3v) is 5.14. The number of benzene rings is 1. The number of nitrogens with zero attached hydrogens (tertiary/aromatic N) is 3. The molecule has 1 aliphatic heterocycles. The third kappa shape index (κ3) is 3.85. The van der Waals surface area contributed by atoms with Crippen molar-refractivity contribution in [3.05, 3.63) is 29.1 Å². The molecule has 2 heterocycles. The molecule has 7 nitrogen and oxygen atoms in total. The van der Waals surface area contributed by atoms with Crippen LogP contribution < -0.4 is 4.74 Å². The lowest BCUT2D eigenvalue weighted by atomic mass is 9.97. The van der Waals surface area contributed by atoms with Crippen molar-refractivity contribution >= 4 is 23.4 Å². The van der Waals surface area contributed by atoms with Crippen molar-refractivity contribution in [3.63, 3.8) is 0 Å². The first-order valence-electron chi connectivity index (χ1n) is 8.56. The molecular formula is C18H21N3O4S. The second-order valence-electron chi connectivity index (χ2n) is 6.00. The van der Waals surface area contributed by atoms with Gasteiger partial charge >= 0.3 is 5.97 Å². The summed E-state index contributed by atoms with van der Waals surface area (Å²) in [6.45, 7) is 3.23. The van der Waals surface area contributed by atoms with Crippen LogP contribution in [0.4, 0.5) is 0 Å². The summed E-state index contributed by atoms with van der Waals surface area (Å²) in [5.74, 6) is 0.303. The van der Waals surface area contributed by atoms with Crippen molar-refractivity contribution in [2.75, 3.05) is 26.8 Å². The summed E-state index contributed by atoms with van der Waals surface area (Å²) in [4.78, 5) is 27.0. The molecule has 1 fully saturated rings. The zero-order valence-corrected chi connectivity index (χ0v) is 15.6. The van der Waals surface area contributed by atoms with Crippen LogP contribution in [0.5, 0.6) is 5.75 Å². The van der Waals surface area contributed by atoms with E-state index in [2.05, 4.69) is 9.59 Å². The summed E-state index contributed by atoms with van der Waals surface area (Å²) in [6.07, 6.45) is 1.23. The molecule has 3 rings (SSSR count). The number of carbonyl (C=O) groups excluding carboxylic acids is 2. The fraction of sp³-hybridized carbons (Fsp3) is 0.444. The molecule has 1 aromatic carbocycles. The number of aromatic nitrogens is 2.